The lowest BCUT2D eigenvalue weighted by atomic mass is 10.2. The zero-order valence-electron chi connectivity index (χ0n) is 11.5. The fraction of sp³-hybridized carbons (Fsp3) is 0.417. The summed E-state index contributed by atoms with van der Waals surface area (Å²) in [5.74, 6) is -0.240. The summed E-state index contributed by atoms with van der Waals surface area (Å²) in [6.45, 7) is 0.889. The molecule has 1 aliphatic rings. The molecular formula is C12H15N5O4. The predicted octanol–water partition coefficient (Wildman–Crippen LogP) is -0.00640. The third-order valence-electron chi connectivity index (χ3n) is 3.17. The van der Waals surface area contributed by atoms with Crippen LogP contribution in [0.5, 0.6) is 0 Å². The van der Waals surface area contributed by atoms with Crippen LogP contribution in [0.2, 0.25) is 0 Å². The van der Waals surface area contributed by atoms with E-state index < -0.39 is 10.8 Å². The molecule has 112 valence electrons. The zero-order valence-corrected chi connectivity index (χ0v) is 11.5. The highest BCUT2D eigenvalue weighted by atomic mass is 16.6. The first-order chi connectivity index (χ1) is 10.0. The van der Waals surface area contributed by atoms with Crippen molar-refractivity contribution in [2.45, 2.75) is 6.42 Å². The molecule has 2 heterocycles. The number of hydrogen-bond donors (Lipinski definition) is 2. The van der Waals surface area contributed by atoms with E-state index in [1.165, 1.54) is 11.0 Å². The van der Waals surface area contributed by atoms with E-state index in [2.05, 4.69) is 15.6 Å². The lowest BCUT2D eigenvalue weighted by molar-refractivity contribution is -0.385. The topological polar surface area (TPSA) is 117 Å². The average Bonchev–Trinajstić information content (AvgIpc) is 2.70. The Bertz CT molecular complexity index is 589. The van der Waals surface area contributed by atoms with E-state index in [4.69, 9.17) is 0 Å². The number of nitrogens with one attached hydrogen (secondary N) is 2. The SMILES string of the molecule is CNc1cc(C(=O)N2CCNC(=O)CC2)c([N+](=O)[O-])cn1. The summed E-state index contributed by atoms with van der Waals surface area (Å²) in [5.41, 5.74) is -0.378. The van der Waals surface area contributed by atoms with Crippen molar-refractivity contribution in [3.05, 3.63) is 27.9 Å². The molecule has 0 radical (unpaired) electrons. The summed E-state index contributed by atoms with van der Waals surface area (Å²) in [6.07, 6.45) is 1.24. The molecule has 9 nitrogen and oxygen atoms in total. The van der Waals surface area contributed by atoms with Gasteiger partial charge in [0.05, 0.1) is 4.92 Å². The molecule has 0 atom stereocenters. The molecule has 1 aromatic rings. The maximum absolute atomic E-state index is 12.5. The smallest absolute Gasteiger partial charge is 0.300 e. The highest BCUT2D eigenvalue weighted by Crippen LogP contribution is 2.22. The first-order valence-corrected chi connectivity index (χ1v) is 6.41. The van der Waals surface area contributed by atoms with Crippen LogP contribution in [0.4, 0.5) is 11.5 Å². The van der Waals surface area contributed by atoms with Crippen molar-refractivity contribution >= 4 is 23.3 Å². The van der Waals surface area contributed by atoms with Crippen molar-refractivity contribution in [2.75, 3.05) is 32.0 Å². The van der Waals surface area contributed by atoms with E-state index in [1.54, 1.807) is 7.05 Å². The van der Waals surface area contributed by atoms with Gasteiger partial charge in [-0.1, -0.05) is 0 Å². The minimum Gasteiger partial charge on any atom is -0.373 e. The Morgan fingerprint density at radius 1 is 1.52 bits per heavy atom. The Labute approximate surface area is 120 Å². The molecule has 21 heavy (non-hydrogen) atoms. The molecule has 0 unspecified atom stereocenters. The Hall–Kier alpha value is -2.71. The van der Waals surface area contributed by atoms with Crippen LogP contribution in [0.15, 0.2) is 12.3 Å². The number of pyridine rings is 1. The molecule has 9 heteroatoms. The molecule has 1 aromatic heterocycles. The van der Waals surface area contributed by atoms with Gasteiger partial charge in [-0.3, -0.25) is 19.7 Å². The molecule has 0 bridgehead atoms. The molecule has 0 spiro atoms. The van der Waals surface area contributed by atoms with Crippen molar-refractivity contribution < 1.29 is 14.5 Å². The summed E-state index contributed by atoms with van der Waals surface area (Å²) in [4.78, 5) is 39.4. The van der Waals surface area contributed by atoms with Gasteiger partial charge in [0.2, 0.25) is 5.91 Å². The minimum absolute atomic E-state index is 0.0336. The maximum Gasteiger partial charge on any atom is 0.300 e. The number of nitrogens with zero attached hydrogens (tertiary/aromatic N) is 3. The molecule has 0 aliphatic carbocycles. The largest absolute Gasteiger partial charge is 0.373 e. The third-order valence-corrected chi connectivity index (χ3v) is 3.17. The second-order valence-electron chi connectivity index (χ2n) is 4.49. The predicted molar refractivity (Wildman–Crippen MR) is 74.0 cm³/mol. The summed E-state index contributed by atoms with van der Waals surface area (Å²) < 4.78 is 0. The van der Waals surface area contributed by atoms with Crippen molar-refractivity contribution in [1.29, 1.82) is 0 Å². The van der Waals surface area contributed by atoms with Gasteiger partial charge in [0.15, 0.2) is 0 Å². The normalized spacial score (nSPS) is 15.1. The van der Waals surface area contributed by atoms with Crippen LogP contribution in [-0.2, 0) is 4.79 Å². The van der Waals surface area contributed by atoms with Crippen LogP contribution in [0.3, 0.4) is 0 Å². The first-order valence-electron chi connectivity index (χ1n) is 6.41. The fourth-order valence-corrected chi connectivity index (χ4v) is 2.04. The van der Waals surface area contributed by atoms with Crippen LogP contribution in [-0.4, -0.2) is 53.3 Å². The number of nitro groups is 1. The Morgan fingerprint density at radius 2 is 2.29 bits per heavy atom. The van der Waals surface area contributed by atoms with E-state index in [9.17, 15) is 19.7 Å². The van der Waals surface area contributed by atoms with Gasteiger partial charge in [-0.15, -0.1) is 0 Å². The molecule has 1 aliphatic heterocycles. The molecule has 2 N–H and O–H groups in total. The van der Waals surface area contributed by atoms with Crippen LogP contribution >= 0.6 is 0 Å². The third kappa shape index (κ3) is 3.25. The van der Waals surface area contributed by atoms with Crippen LogP contribution < -0.4 is 10.6 Å². The molecule has 0 saturated carbocycles. The number of anilines is 1. The second-order valence-corrected chi connectivity index (χ2v) is 4.49. The van der Waals surface area contributed by atoms with Gasteiger partial charge in [-0.2, -0.15) is 0 Å². The highest BCUT2D eigenvalue weighted by molar-refractivity contribution is 5.99. The van der Waals surface area contributed by atoms with Gasteiger partial charge < -0.3 is 15.5 Å². The van der Waals surface area contributed by atoms with Crippen molar-refractivity contribution in [3.8, 4) is 0 Å². The van der Waals surface area contributed by atoms with Gasteiger partial charge in [0.25, 0.3) is 11.6 Å². The monoisotopic (exact) mass is 293 g/mol. The summed E-state index contributed by atoms with van der Waals surface area (Å²) in [7, 11) is 1.61. The minimum atomic E-state index is -0.638. The van der Waals surface area contributed by atoms with E-state index in [0.717, 1.165) is 6.20 Å². The zero-order chi connectivity index (χ0) is 15.4. The van der Waals surface area contributed by atoms with Gasteiger partial charge in [-0.25, -0.2) is 4.98 Å². The molecule has 1 fully saturated rings. The van der Waals surface area contributed by atoms with Crippen molar-refractivity contribution in [1.82, 2.24) is 15.2 Å². The second kappa shape index (κ2) is 6.16. The molecule has 0 aromatic carbocycles. The van der Waals surface area contributed by atoms with E-state index in [1.807, 2.05) is 0 Å². The molecular weight excluding hydrogens is 278 g/mol. The highest BCUT2D eigenvalue weighted by Gasteiger charge is 2.27. The lowest BCUT2D eigenvalue weighted by Crippen LogP contribution is -2.34. The number of carbonyl (C=O) groups excluding carboxylic acids is 2. The van der Waals surface area contributed by atoms with Crippen molar-refractivity contribution in [2.24, 2.45) is 0 Å². The number of carbonyl (C=O) groups is 2. The van der Waals surface area contributed by atoms with E-state index in [-0.39, 0.29) is 30.1 Å². The number of amides is 2. The number of hydrogen-bond acceptors (Lipinski definition) is 6. The number of rotatable bonds is 3. The quantitative estimate of drug-likeness (QED) is 0.598. The van der Waals surface area contributed by atoms with Crippen molar-refractivity contribution in [3.63, 3.8) is 0 Å². The van der Waals surface area contributed by atoms with E-state index >= 15 is 0 Å². The Balaban J connectivity index is 2.32. The van der Waals surface area contributed by atoms with Gasteiger partial charge >= 0.3 is 0 Å². The summed E-state index contributed by atoms with van der Waals surface area (Å²) in [5, 5.41) is 16.4. The summed E-state index contributed by atoms with van der Waals surface area (Å²) in [6, 6.07) is 1.35. The van der Waals surface area contributed by atoms with Crippen LogP contribution in [0, 0.1) is 10.1 Å². The van der Waals surface area contributed by atoms with E-state index in [0.29, 0.717) is 18.9 Å². The average molecular weight is 293 g/mol. The Morgan fingerprint density at radius 3 is 2.95 bits per heavy atom. The molecule has 1 saturated heterocycles. The lowest BCUT2D eigenvalue weighted by Gasteiger charge is -2.19. The van der Waals surface area contributed by atoms with Crippen LogP contribution in [0.25, 0.3) is 0 Å². The molecule has 2 amide bonds. The van der Waals surface area contributed by atoms with Gasteiger partial charge in [0.1, 0.15) is 17.6 Å². The van der Waals surface area contributed by atoms with Gasteiger partial charge in [-0.05, 0) is 0 Å². The standard InChI is InChI=1S/C12H15N5O4/c1-13-10-6-8(9(7-15-10)17(20)21)12(19)16-4-2-11(18)14-3-5-16/h6-7H,2-5H2,1H3,(H,13,15)(H,14,18). The Kier molecular flexibility index (Phi) is 4.31. The molecule has 2 rings (SSSR count). The summed E-state index contributed by atoms with van der Waals surface area (Å²) >= 11 is 0. The number of aromatic nitrogens is 1. The first kappa shape index (κ1) is 14.7. The fourth-order valence-electron chi connectivity index (χ4n) is 2.04. The van der Waals surface area contributed by atoms with Gasteiger partial charge in [0, 0.05) is 39.2 Å². The maximum atomic E-state index is 12.5. The van der Waals surface area contributed by atoms with Crippen LogP contribution in [0.1, 0.15) is 16.8 Å².